The molecule has 0 atom stereocenters. The first kappa shape index (κ1) is 13.1. The van der Waals surface area contributed by atoms with Crippen LogP contribution in [0.25, 0.3) is 10.9 Å². The lowest BCUT2D eigenvalue weighted by molar-refractivity contribution is 0.234. The number of aliphatic hydroxyl groups is 1. The molecular weight excluding hydrogens is 294 g/mol. The molecule has 0 aliphatic rings. The molecule has 18 heavy (non-hydrogen) atoms. The maximum absolute atomic E-state index is 9.31. The predicted molar refractivity (Wildman–Crippen MR) is 78.6 cm³/mol. The second-order valence-electron chi connectivity index (χ2n) is 4.92. The highest BCUT2D eigenvalue weighted by molar-refractivity contribution is 9.10. The molecule has 1 heterocycles. The van der Waals surface area contributed by atoms with Crippen LogP contribution in [-0.2, 0) is 0 Å². The first-order valence-corrected chi connectivity index (χ1v) is 6.45. The minimum absolute atomic E-state index is 0.0371. The minimum atomic E-state index is -0.405. The van der Waals surface area contributed by atoms with Crippen molar-refractivity contribution < 1.29 is 5.11 Å². The summed E-state index contributed by atoms with van der Waals surface area (Å²) >= 11 is 3.39. The van der Waals surface area contributed by atoms with E-state index in [9.17, 15) is 5.11 Å². The van der Waals surface area contributed by atoms with Crippen LogP contribution in [-0.4, -0.2) is 22.2 Å². The van der Waals surface area contributed by atoms with Crippen LogP contribution in [0.5, 0.6) is 0 Å². The normalized spacial score (nSPS) is 11.8. The van der Waals surface area contributed by atoms with Crippen molar-refractivity contribution in [1.82, 2.24) is 4.98 Å². The molecule has 0 spiro atoms. The second kappa shape index (κ2) is 4.74. The average molecular weight is 310 g/mol. The van der Waals surface area contributed by atoms with Crippen LogP contribution in [0.1, 0.15) is 13.8 Å². The summed E-state index contributed by atoms with van der Waals surface area (Å²) in [7, 11) is 0. The number of nitrogens with two attached hydrogens (primary N) is 1. The van der Waals surface area contributed by atoms with E-state index in [-0.39, 0.29) is 6.61 Å². The van der Waals surface area contributed by atoms with Gasteiger partial charge in [0.2, 0.25) is 0 Å². The fourth-order valence-electron chi connectivity index (χ4n) is 1.72. The van der Waals surface area contributed by atoms with Crippen molar-refractivity contribution >= 4 is 38.2 Å². The van der Waals surface area contributed by atoms with Gasteiger partial charge in [-0.05, 0) is 48.0 Å². The number of halogens is 1. The smallest absolute Gasteiger partial charge is 0.0954 e. The Hall–Kier alpha value is -1.33. The quantitative estimate of drug-likeness (QED) is 0.762. The van der Waals surface area contributed by atoms with Crippen LogP contribution >= 0.6 is 15.9 Å². The van der Waals surface area contributed by atoms with Crippen LogP contribution in [0.15, 0.2) is 28.9 Å². The van der Waals surface area contributed by atoms with Gasteiger partial charge in [-0.1, -0.05) is 0 Å². The summed E-state index contributed by atoms with van der Waals surface area (Å²) in [5.41, 5.74) is 7.91. The first-order chi connectivity index (χ1) is 8.43. The summed E-state index contributed by atoms with van der Waals surface area (Å²) in [4.78, 5) is 4.39. The van der Waals surface area contributed by atoms with Gasteiger partial charge in [0.05, 0.1) is 23.3 Å². The number of benzene rings is 1. The Morgan fingerprint density at radius 3 is 2.83 bits per heavy atom. The van der Waals surface area contributed by atoms with Crippen molar-refractivity contribution in [2.45, 2.75) is 19.4 Å². The molecule has 0 radical (unpaired) electrons. The Labute approximate surface area is 114 Å². The standard InChI is InChI=1S/C13H16BrN3O/c1-13(2,7-18)17-11-4-3-10(15)9-5-8(14)6-16-12(9)11/h3-6,17-18H,7,15H2,1-2H3. The van der Waals surface area contributed by atoms with E-state index in [0.717, 1.165) is 21.1 Å². The number of hydrogen-bond donors (Lipinski definition) is 3. The van der Waals surface area contributed by atoms with Gasteiger partial charge in [0.15, 0.2) is 0 Å². The van der Waals surface area contributed by atoms with Gasteiger partial charge in [0.1, 0.15) is 0 Å². The minimum Gasteiger partial charge on any atom is -0.398 e. The van der Waals surface area contributed by atoms with Crippen molar-refractivity contribution in [3.8, 4) is 0 Å². The van der Waals surface area contributed by atoms with Crippen LogP contribution in [0, 0.1) is 0 Å². The Balaban J connectivity index is 2.56. The zero-order valence-corrected chi connectivity index (χ0v) is 12.0. The lowest BCUT2D eigenvalue weighted by atomic mass is 10.1. The molecule has 0 amide bonds. The highest BCUT2D eigenvalue weighted by atomic mass is 79.9. The van der Waals surface area contributed by atoms with Crippen molar-refractivity contribution in [3.05, 3.63) is 28.9 Å². The van der Waals surface area contributed by atoms with E-state index in [1.54, 1.807) is 6.20 Å². The van der Waals surface area contributed by atoms with E-state index in [1.165, 1.54) is 0 Å². The zero-order valence-electron chi connectivity index (χ0n) is 10.4. The van der Waals surface area contributed by atoms with Crippen LogP contribution in [0.2, 0.25) is 0 Å². The summed E-state index contributed by atoms with van der Waals surface area (Å²) in [6.45, 7) is 3.89. The third-order valence-electron chi connectivity index (χ3n) is 2.72. The van der Waals surface area contributed by atoms with Gasteiger partial charge in [-0.3, -0.25) is 4.98 Å². The van der Waals surface area contributed by atoms with Crippen molar-refractivity contribution in [2.75, 3.05) is 17.7 Å². The molecule has 4 N–H and O–H groups in total. The fraction of sp³-hybridized carbons (Fsp3) is 0.308. The SMILES string of the molecule is CC(C)(CO)Nc1ccc(N)c2cc(Br)cnc12. The Kier molecular flexibility index (Phi) is 3.45. The summed E-state index contributed by atoms with van der Waals surface area (Å²) in [6, 6.07) is 5.66. The van der Waals surface area contributed by atoms with Gasteiger partial charge in [-0.2, -0.15) is 0 Å². The lowest BCUT2D eigenvalue weighted by Crippen LogP contribution is -2.35. The summed E-state index contributed by atoms with van der Waals surface area (Å²) in [5, 5.41) is 13.5. The van der Waals surface area contributed by atoms with Gasteiger partial charge < -0.3 is 16.2 Å². The van der Waals surface area contributed by atoms with E-state index in [2.05, 4.69) is 26.2 Å². The van der Waals surface area contributed by atoms with Gasteiger partial charge in [-0.25, -0.2) is 0 Å². The lowest BCUT2D eigenvalue weighted by Gasteiger charge is -2.25. The monoisotopic (exact) mass is 309 g/mol. The Morgan fingerprint density at radius 2 is 2.17 bits per heavy atom. The highest BCUT2D eigenvalue weighted by Gasteiger charge is 2.17. The molecule has 0 unspecified atom stereocenters. The molecule has 0 fully saturated rings. The molecule has 0 bridgehead atoms. The van der Waals surface area contributed by atoms with Crippen molar-refractivity contribution in [3.63, 3.8) is 0 Å². The number of anilines is 2. The molecule has 4 nitrogen and oxygen atoms in total. The third kappa shape index (κ3) is 2.57. The van der Waals surface area contributed by atoms with Crippen molar-refractivity contribution in [1.29, 1.82) is 0 Å². The van der Waals surface area contributed by atoms with E-state index in [0.29, 0.717) is 5.69 Å². The number of rotatable bonds is 3. The number of nitrogens with one attached hydrogen (secondary N) is 1. The topological polar surface area (TPSA) is 71.2 Å². The number of hydrogen-bond acceptors (Lipinski definition) is 4. The first-order valence-electron chi connectivity index (χ1n) is 5.66. The number of aromatic nitrogens is 1. The van der Waals surface area contributed by atoms with Crippen LogP contribution in [0.3, 0.4) is 0 Å². The molecular formula is C13H16BrN3O. The van der Waals surface area contributed by atoms with E-state index < -0.39 is 5.54 Å². The molecule has 1 aromatic heterocycles. The summed E-state index contributed by atoms with van der Waals surface area (Å²) in [5.74, 6) is 0. The Bertz CT molecular complexity index is 584. The maximum Gasteiger partial charge on any atom is 0.0954 e. The van der Waals surface area contributed by atoms with Crippen molar-refractivity contribution in [2.24, 2.45) is 0 Å². The number of nitrogens with zero attached hydrogens (tertiary/aromatic N) is 1. The van der Waals surface area contributed by atoms with E-state index >= 15 is 0 Å². The molecule has 96 valence electrons. The predicted octanol–water partition coefficient (Wildman–Crippen LogP) is 2.76. The summed E-state index contributed by atoms with van der Waals surface area (Å²) < 4.78 is 0.889. The largest absolute Gasteiger partial charge is 0.398 e. The zero-order chi connectivity index (χ0) is 13.3. The van der Waals surface area contributed by atoms with Crippen LogP contribution in [0.4, 0.5) is 11.4 Å². The molecule has 2 rings (SSSR count). The number of pyridine rings is 1. The van der Waals surface area contributed by atoms with E-state index in [4.69, 9.17) is 5.73 Å². The molecule has 0 saturated heterocycles. The van der Waals surface area contributed by atoms with Gasteiger partial charge >= 0.3 is 0 Å². The number of fused-ring (bicyclic) bond motifs is 1. The number of aliphatic hydroxyl groups excluding tert-OH is 1. The highest BCUT2D eigenvalue weighted by Crippen LogP contribution is 2.30. The van der Waals surface area contributed by atoms with Crippen LogP contribution < -0.4 is 11.1 Å². The Morgan fingerprint density at radius 1 is 1.44 bits per heavy atom. The molecule has 0 saturated carbocycles. The van der Waals surface area contributed by atoms with Gasteiger partial charge in [0, 0.05) is 21.7 Å². The van der Waals surface area contributed by atoms with Gasteiger partial charge in [-0.15, -0.1) is 0 Å². The van der Waals surface area contributed by atoms with Gasteiger partial charge in [0.25, 0.3) is 0 Å². The number of nitrogen functional groups attached to an aromatic ring is 1. The molecule has 2 aromatic rings. The average Bonchev–Trinajstić information content (AvgIpc) is 2.33. The molecule has 0 aliphatic heterocycles. The fourth-order valence-corrected chi connectivity index (χ4v) is 2.05. The maximum atomic E-state index is 9.31. The molecule has 1 aromatic carbocycles. The second-order valence-corrected chi connectivity index (χ2v) is 5.83. The summed E-state index contributed by atoms with van der Waals surface area (Å²) in [6.07, 6.45) is 1.74. The third-order valence-corrected chi connectivity index (χ3v) is 3.15. The van der Waals surface area contributed by atoms with E-state index in [1.807, 2.05) is 32.0 Å². The molecule has 0 aliphatic carbocycles. The molecule has 5 heteroatoms.